The van der Waals surface area contributed by atoms with Crippen LogP contribution < -0.4 is 0 Å². The molecule has 0 aliphatic heterocycles. The van der Waals surface area contributed by atoms with Crippen molar-refractivity contribution in [3.8, 4) is 0 Å². The number of alkyl halides is 1. The number of allylic oxidation sites excluding steroid dienone is 3. The van der Waals surface area contributed by atoms with Crippen LogP contribution in [0.15, 0.2) is 47.7 Å². The van der Waals surface area contributed by atoms with Crippen molar-refractivity contribution in [3.63, 3.8) is 0 Å². The van der Waals surface area contributed by atoms with Gasteiger partial charge in [-0.1, -0.05) is 36.8 Å². The van der Waals surface area contributed by atoms with Crippen LogP contribution in [0.3, 0.4) is 0 Å². The molecule has 0 spiro atoms. The van der Waals surface area contributed by atoms with Gasteiger partial charge in [0.1, 0.15) is 5.60 Å². The lowest BCUT2D eigenvalue weighted by atomic mass is 9.54. The van der Waals surface area contributed by atoms with Crippen LogP contribution in [-0.2, 0) is 0 Å². The summed E-state index contributed by atoms with van der Waals surface area (Å²) >= 11 is 0. The number of nitrogens with zero attached hydrogens (tertiary/aromatic N) is 1. The number of halogens is 1. The summed E-state index contributed by atoms with van der Waals surface area (Å²) in [5, 5.41) is 22.1. The van der Waals surface area contributed by atoms with Crippen LogP contribution in [0.5, 0.6) is 0 Å². The largest absolute Gasteiger partial charge is 0.393 e. The number of pyridine rings is 1. The Morgan fingerprint density at radius 3 is 2.81 bits per heavy atom. The number of aliphatic hydroxyl groups is 2. The van der Waals surface area contributed by atoms with E-state index in [4.69, 9.17) is 0 Å². The summed E-state index contributed by atoms with van der Waals surface area (Å²) in [4.78, 5) is 4.36. The van der Waals surface area contributed by atoms with Crippen molar-refractivity contribution in [1.29, 1.82) is 0 Å². The van der Waals surface area contributed by atoms with E-state index in [0.29, 0.717) is 31.6 Å². The van der Waals surface area contributed by atoms with Crippen LogP contribution in [-0.4, -0.2) is 32.6 Å². The molecular formula is C27H34FNO2. The van der Waals surface area contributed by atoms with Gasteiger partial charge in [0.25, 0.3) is 0 Å². The van der Waals surface area contributed by atoms with E-state index in [1.807, 2.05) is 13.0 Å². The molecular weight excluding hydrogens is 389 g/mol. The van der Waals surface area contributed by atoms with E-state index in [-0.39, 0.29) is 17.4 Å². The van der Waals surface area contributed by atoms with Gasteiger partial charge >= 0.3 is 0 Å². The number of aryl methyl sites for hydroxylation is 1. The zero-order valence-corrected chi connectivity index (χ0v) is 18.6. The first-order valence-electron chi connectivity index (χ1n) is 11.9. The molecule has 1 aromatic heterocycles. The third-order valence-corrected chi connectivity index (χ3v) is 8.93. The molecule has 2 N–H and O–H groups in total. The number of rotatable bonds is 2. The number of fused-ring (bicyclic) bond motifs is 4. The molecule has 1 heterocycles. The first-order valence-corrected chi connectivity index (χ1v) is 11.9. The van der Waals surface area contributed by atoms with Crippen LogP contribution in [0.1, 0.15) is 69.5 Å². The Morgan fingerprint density at radius 2 is 2.00 bits per heavy atom. The molecule has 0 saturated heterocycles. The monoisotopic (exact) mass is 423 g/mol. The summed E-state index contributed by atoms with van der Waals surface area (Å²) in [6.45, 7) is 4.22. The van der Waals surface area contributed by atoms with Crippen LogP contribution >= 0.6 is 0 Å². The molecule has 31 heavy (non-hydrogen) atoms. The zero-order chi connectivity index (χ0) is 21.9. The first kappa shape index (κ1) is 21.1. The Hall–Kier alpha value is -1.78. The molecule has 166 valence electrons. The van der Waals surface area contributed by atoms with Crippen molar-refractivity contribution in [1.82, 2.24) is 4.98 Å². The third kappa shape index (κ3) is 3.25. The summed E-state index contributed by atoms with van der Waals surface area (Å²) in [6.07, 6.45) is 15.0. The van der Waals surface area contributed by atoms with Gasteiger partial charge in [-0.25, -0.2) is 4.39 Å². The average molecular weight is 424 g/mol. The lowest BCUT2D eigenvalue weighted by Gasteiger charge is -2.55. The van der Waals surface area contributed by atoms with E-state index in [2.05, 4.69) is 36.2 Å². The first-order chi connectivity index (χ1) is 14.8. The molecule has 2 fully saturated rings. The second-order valence-corrected chi connectivity index (χ2v) is 10.6. The van der Waals surface area contributed by atoms with Crippen molar-refractivity contribution in [2.75, 3.05) is 0 Å². The maximum Gasteiger partial charge on any atom is 0.158 e. The number of hydrogen-bond acceptors (Lipinski definition) is 3. The Labute approximate surface area is 184 Å². The average Bonchev–Trinajstić information content (AvgIpc) is 3.02. The van der Waals surface area contributed by atoms with E-state index in [0.717, 1.165) is 42.5 Å². The number of aromatic nitrogens is 1. The third-order valence-electron chi connectivity index (χ3n) is 8.93. The van der Waals surface area contributed by atoms with Gasteiger partial charge in [0.15, 0.2) is 5.67 Å². The molecule has 0 radical (unpaired) electrons. The van der Waals surface area contributed by atoms with Crippen molar-refractivity contribution in [2.45, 2.75) is 82.6 Å². The van der Waals surface area contributed by atoms with Crippen LogP contribution in [0.25, 0.3) is 6.08 Å². The fraction of sp³-hybridized carbons (Fsp3) is 0.593. The van der Waals surface area contributed by atoms with Gasteiger partial charge in [0, 0.05) is 17.8 Å². The van der Waals surface area contributed by atoms with Gasteiger partial charge in [0.2, 0.25) is 0 Å². The van der Waals surface area contributed by atoms with Crippen LogP contribution in [0.4, 0.5) is 4.39 Å². The van der Waals surface area contributed by atoms with Crippen molar-refractivity contribution in [2.24, 2.45) is 17.3 Å². The summed E-state index contributed by atoms with van der Waals surface area (Å²) in [5.41, 5.74) is 1.04. The van der Waals surface area contributed by atoms with Gasteiger partial charge in [-0.15, -0.1) is 0 Å². The van der Waals surface area contributed by atoms with E-state index in [1.54, 1.807) is 12.3 Å². The van der Waals surface area contributed by atoms with E-state index < -0.39 is 11.3 Å². The molecule has 0 aromatic carbocycles. The second kappa shape index (κ2) is 7.38. The number of hydrogen-bond donors (Lipinski definition) is 2. The molecule has 0 amide bonds. The SMILES string of the molecule is Cc1ncccc1/C=C/C1=CCC2C1(C)CCC1(F)C=C3CC(O)CCC3CC[C@]21O. The predicted octanol–water partition coefficient (Wildman–Crippen LogP) is 5.47. The highest BCUT2D eigenvalue weighted by Gasteiger charge is 2.65. The minimum Gasteiger partial charge on any atom is -0.393 e. The lowest BCUT2D eigenvalue weighted by Crippen LogP contribution is -2.61. The lowest BCUT2D eigenvalue weighted by molar-refractivity contribution is -0.175. The molecule has 1 aromatic rings. The zero-order valence-electron chi connectivity index (χ0n) is 18.6. The fourth-order valence-electron chi connectivity index (χ4n) is 6.93. The number of aliphatic hydroxyl groups excluding tert-OH is 1. The Balaban J connectivity index is 1.45. The Bertz CT molecular complexity index is 968. The predicted molar refractivity (Wildman–Crippen MR) is 121 cm³/mol. The smallest absolute Gasteiger partial charge is 0.158 e. The van der Waals surface area contributed by atoms with Crippen molar-refractivity contribution >= 4 is 6.08 Å². The van der Waals surface area contributed by atoms with Gasteiger partial charge in [-0.05, 0) is 92.9 Å². The second-order valence-electron chi connectivity index (χ2n) is 10.6. The molecule has 2 saturated carbocycles. The summed E-state index contributed by atoms with van der Waals surface area (Å²) in [6, 6.07) is 4.00. The molecule has 0 bridgehead atoms. The van der Waals surface area contributed by atoms with Crippen LogP contribution in [0.2, 0.25) is 0 Å². The molecule has 3 nitrogen and oxygen atoms in total. The fourth-order valence-corrected chi connectivity index (χ4v) is 6.93. The normalized spacial score (nSPS) is 42.3. The quantitative estimate of drug-likeness (QED) is 0.620. The Kier molecular flexibility index (Phi) is 5.02. The van der Waals surface area contributed by atoms with E-state index in [1.165, 1.54) is 5.57 Å². The van der Waals surface area contributed by atoms with E-state index in [9.17, 15) is 10.2 Å². The van der Waals surface area contributed by atoms with Crippen LogP contribution in [0, 0.1) is 24.2 Å². The summed E-state index contributed by atoms with van der Waals surface area (Å²) in [5.74, 6) is 0.175. The highest BCUT2D eigenvalue weighted by Crippen LogP contribution is 2.63. The molecule has 4 aliphatic carbocycles. The maximum atomic E-state index is 16.5. The van der Waals surface area contributed by atoms with E-state index >= 15 is 4.39 Å². The van der Waals surface area contributed by atoms with Crippen molar-refractivity contribution in [3.05, 3.63) is 59.0 Å². The molecule has 5 unspecified atom stereocenters. The topological polar surface area (TPSA) is 53.4 Å². The standard InChI is InChI=1S/C27H34FNO2/c1-18-19(4-3-15-29-18)5-7-22-8-10-24-25(22,2)13-14-26(28)17-21-16-23(30)9-6-20(21)11-12-27(24,26)31/h3-5,7-8,15,17,20,23-24,30-31H,6,9-14,16H2,1-2H3/b7-5+/t20?,23?,24?,25?,26?,27-/m0/s1. The molecule has 6 atom stereocenters. The maximum absolute atomic E-state index is 16.5. The van der Waals surface area contributed by atoms with Gasteiger partial charge in [0.05, 0.1) is 6.10 Å². The highest BCUT2D eigenvalue weighted by atomic mass is 19.1. The minimum atomic E-state index is -1.70. The summed E-state index contributed by atoms with van der Waals surface area (Å²) in [7, 11) is 0. The molecule has 5 rings (SSSR count). The van der Waals surface area contributed by atoms with Gasteiger partial charge in [-0.3, -0.25) is 4.98 Å². The molecule has 4 heteroatoms. The Morgan fingerprint density at radius 1 is 1.16 bits per heavy atom. The van der Waals surface area contributed by atoms with Gasteiger partial charge < -0.3 is 10.2 Å². The van der Waals surface area contributed by atoms with Gasteiger partial charge in [-0.2, -0.15) is 0 Å². The van der Waals surface area contributed by atoms with Crippen molar-refractivity contribution < 1.29 is 14.6 Å². The summed E-state index contributed by atoms with van der Waals surface area (Å²) < 4.78 is 16.5. The molecule has 4 aliphatic rings. The highest BCUT2D eigenvalue weighted by molar-refractivity contribution is 5.56. The minimum absolute atomic E-state index is 0.129.